The van der Waals surface area contributed by atoms with E-state index >= 15 is 0 Å². The average molecular weight is 382 g/mol. The zero-order valence-corrected chi connectivity index (χ0v) is 15.3. The maximum atomic E-state index is 13.3. The number of amides is 1. The van der Waals surface area contributed by atoms with Crippen molar-refractivity contribution in [3.63, 3.8) is 0 Å². The molecule has 5 rings (SSSR count). The number of nitrogens with zero attached hydrogens (tertiary/aromatic N) is 4. The number of para-hydroxylation sites is 2. The molecule has 0 aliphatic carbocycles. The summed E-state index contributed by atoms with van der Waals surface area (Å²) in [5, 5.41) is 18.9. The van der Waals surface area contributed by atoms with Crippen LogP contribution in [0.4, 0.5) is 11.4 Å². The molecule has 8 heteroatoms. The van der Waals surface area contributed by atoms with Crippen LogP contribution in [0.25, 0.3) is 0 Å². The molecule has 2 aromatic rings. The van der Waals surface area contributed by atoms with Crippen molar-refractivity contribution >= 4 is 34.6 Å². The van der Waals surface area contributed by atoms with Gasteiger partial charge in [0.1, 0.15) is 23.2 Å². The number of carbonyl (C=O) groups excluding carboxylic acids is 2. The first-order chi connectivity index (χ1) is 14.0. The predicted molar refractivity (Wildman–Crippen MR) is 107 cm³/mol. The molecule has 2 aromatic carbocycles. The number of ketones is 1. The highest BCUT2D eigenvalue weighted by atomic mass is 16.2. The highest BCUT2D eigenvalue weighted by Gasteiger charge is 2.59. The second kappa shape index (κ2) is 5.62. The summed E-state index contributed by atoms with van der Waals surface area (Å²) >= 11 is 0. The molecule has 1 atom stereocenters. The molecule has 3 aliphatic rings. The van der Waals surface area contributed by atoms with Gasteiger partial charge in [-0.3, -0.25) is 9.59 Å². The van der Waals surface area contributed by atoms with Crippen LogP contribution in [-0.2, 0) is 15.0 Å². The van der Waals surface area contributed by atoms with Crippen LogP contribution in [0.2, 0.25) is 0 Å². The Bertz CT molecular complexity index is 1270. The molecule has 1 unspecified atom stereocenters. The Hall–Kier alpha value is -4.25. The fourth-order valence-corrected chi connectivity index (χ4v) is 4.14. The molecule has 1 spiro atoms. The summed E-state index contributed by atoms with van der Waals surface area (Å²) in [5.41, 5.74) is 6.70. The molecule has 0 aromatic heterocycles. The number of aliphatic imine (C=N–C) groups is 1. The molecule has 8 nitrogen and oxygen atoms in total. The highest BCUT2D eigenvalue weighted by molar-refractivity contribution is 6.50. The smallest absolute Gasteiger partial charge is 0.246 e. The van der Waals surface area contributed by atoms with Gasteiger partial charge in [-0.05, 0) is 18.2 Å². The molecule has 0 bridgehead atoms. The van der Waals surface area contributed by atoms with Gasteiger partial charge in [0.05, 0.1) is 5.69 Å². The van der Waals surface area contributed by atoms with Crippen molar-refractivity contribution in [3.8, 4) is 6.07 Å². The minimum Gasteiger partial charge on any atom is -0.383 e. The second-order valence-corrected chi connectivity index (χ2v) is 6.89. The van der Waals surface area contributed by atoms with E-state index in [4.69, 9.17) is 5.73 Å². The van der Waals surface area contributed by atoms with E-state index in [1.807, 2.05) is 6.07 Å². The number of anilines is 2. The van der Waals surface area contributed by atoms with Crippen LogP contribution < -0.4 is 16.1 Å². The molecular weight excluding hydrogens is 368 g/mol. The second-order valence-electron chi connectivity index (χ2n) is 6.89. The molecule has 140 valence electrons. The molecule has 1 amide bonds. The zero-order chi connectivity index (χ0) is 20.3. The Morgan fingerprint density at radius 1 is 1.21 bits per heavy atom. The van der Waals surface area contributed by atoms with E-state index in [0.29, 0.717) is 22.5 Å². The number of amidine groups is 1. The number of nitriles is 1. The topological polar surface area (TPSA) is 124 Å². The van der Waals surface area contributed by atoms with E-state index in [1.165, 1.54) is 11.9 Å². The van der Waals surface area contributed by atoms with Crippen molar-refractivity contribution in [1.82, 2.24) is 0 Å². The average Bonchev–Trinajstić information content (AvgIpc) is 3.00. The van der Waals surface area contributed by atoms with E-state index in [2.05, 4.69) is 21.5 Å². The summed E-state index contributed by atoms with van der Waals surface area (Å²) < 4.78 is 0. The van der Waals surface area contributed by atoms with Crippen LogP contribution in [0.15, 0.2) is 70.0 Å². The van der Waals surface area contributed by atoms with Gasteiger partial charge in [-0.25, -0.2) is 10.0 Å². The number of nitrogens with one attached hydrogen (secondary N) is 1. The number of nitrogens with two attached hydrogens (primary N) is 1. The lowest BCUT2D eigenvalue weighted by Crippen LogP contribution is -2.52. The molecular formula is C21H14N6O2. The third-order valence-corrected chi connectivity index (χ3v) is 5.35. The minimum absolute atomic E-state index is 0.0117. The quantitative estimate of drug-likeness (QED) is 0.778. The first-order valence-corrected chi connectivity index (χ1v) is 8.89. The van der Waals surface area contributed by atoms with Gasteiger partial charge >= 0.3 is 0 Å². The Morgan fingerprint density at radius 3 is 2.69 bits per heavy atom. The number of rotatable bonds is 1. The number of benzene rings is 2. The van der Waals surface area contributed by atoms with Gasteiger partial charge in [-0.2, -0.15) is 10.4 Å². The monoisotopic (exact) mass is 382 g/mol. The normalized spacial score (nSPS) is 21.5. The number of Topliss-reactive ketones (excluding diaryl/α,β-unsaturated/α-hetero) is 1. The third kappa shape index (κ3) is 1.96. The first-order valence-electron chi connectivity index (χ1n) is 8.89. The summed E-state index contributed by atoms with van der Waals surface area (Å²) in [6.45, 7) is 1.34. The lowest BCUT2D eigenvalue weighted by molar-refractivity contribution is -0.119. The minimum atomic E-state index is -1.67. The number of hydrogen-bond acceptors (Lipinski definition) is 7. The number of hydrazone groups is 1. The first kappa shape index (κ1) is 16.9. The van der Waals surface area contributed by atoms with E-state index in [0.717, 1.165) is 0 Å². The summed E-state index contributed by atoms with van der Waals surface area (Å²) in [6, 6.07) is 16.2. The SMILES string of the molecule is CC(=O)C1=NN2C(=C(C#N)C13C(=O)Nc1ccccc13)N=C(N)c1ccccc12. The molecule has 0 radical (unpaired) electrons. The van der Waals surface area contributed by atoms with Gasteiger partial charge in [-0.1, -0.05) is 30.3 Å². The predicted octanol–water partition coefficient (Wildman–Crippen LogP) is 1.80. The third-order valence-electron chi connectivity index (χ3n) is 5.35. The summed E-state index contributed by atoms with van der Waals surface area (Å²) in [5.74, 6) is -0.573. The maximum absolute atomic E-state index is 13.3. The molecule has 0 saturated heterocycles. The van der Waals surface area contributed by atoms with Gasteiger partial charge in [0.25, 0.3) is 0 Å². The van der Waals surface area contributed by atoms with Crippen molar-refractivity contribution < 1.29 is 9.59 Å². The van der Waals surface area contributed by atoms with E-state index in [-0.39, 0.29) is 22.9 Å². The van der Waals surface area contributed by atoms with E-state index in [1.54, 1.807) is 42.5 Å². The lowest BCUT2D eigenvalue weighted by Gasteiger charge is -2.37. The number of carbonyl (C=O) groups is 2. The van der Waals surface area contributed by atoms with Crippen LogP contribution in [0, 0.1) is 11.3 Å². The zero-order valence-electron chi connectivity index (χ0n) is 15.3. The van der Waals surface area contributed by atoms with Gasteiger partial charge < -0.3 is 11.1 Å². The molecule has 0 fully saturated rings. The summed E-state index contributed by atoms with van der Waals surface area (Å²) in [7, 11) is 0. The van der Waals surface area contributed by atoms with Crippen LogP contribution in [0.5, 0.6) is 0 Å². The summed E-state index contributed by atoms with van der Waals surface area (Å²) in [4.78, 5) is 30.4. The van der Waals surface area contributed by atoms with Gasteiger partial charge in [-0.15, -0.1) is 0 Å². The van der Waals surface area contributed by atoms with Crippen LogP contribution in [0.1, 0.15) is 18.1 Å². The van der Waals surface area contributed by atoms with Crippen LogP contribution in [-0.4, -0.2) is 23.2 Å². The molecule has 29 heavy (non-hydrogen) atoms. The van der Waals surface area contributed by atoms with Gasteiger partial charge in [0, 0.05) is 23.7 Å². The molecule has 0 saturated carbocycles. The maximum Gasteiger partial charge on any atom is 0.246 e. The number of hydrogen-bond donors (Lipinski definition) is 2. The van der Waals surface area contributed by atoms with Crippen molar-refractivity contribution in [1.29, 1.82) is 5.26 Å². The summed E-state index contributed by atoms with van der Waals surface area (Å²) in [6.07, 6.45) is 0. The fourth-order valence-electron chi connectivity index (χ4n) is 4.14. The van der Waals surface area contributed by atoms with Crippen LogP contribution in [0.3, 0.4) is 0 Å². The van der Waals surface area contributed by atoms with E-state index < -0.39 is 17.1 Å². The lowest BCUT2D eigenvalue weighted by atomic mass is 9.69. The van der Waals surface area contributed by atoms with Crippen molar-refractivity contribution in [2.45, 2.75) is 12.3 Å². The highest BCUT2D eigenvalue weighted by Crippen LogP contribution is 2.49. The molecule has 3 aliphatic heterocycles. The van der Waals surface area contributed by atoms with Gasteiger partial charge in [0.15, 0.2) is 17.0 Å². The molecule has 3 N–H and O–H groups in total. The van der Waals surface area contributed by atoms with Gasteiger partial charge in [0.2, 0.25) is 5.91 Å². The van der Waals surface area contributed by atoms with Crippen LogP contribution >= 0.6 is 0 Å². The standard InChI is InChI=1S/C21H14N6O2/c1-11(28)17-21(13-7-3-4-8-15(13)24-20(21)29)14(10-22)19-25-18(23)12-6-2-5-9-16(12)27(19)26-17/h2-9H,1H3,(H2,23,25)(H,24,29). The number of fused-ring (bicyclic) bond motifs is 5. The van der Waals surface area contributed by atoms with Crippen molar-refractivity contribution in [3.05, 3.63) is 71.1 Å². The van der Waals surface area contributed by atoms with E-state index in [9.17, 15) is 14.9 Å². The fraction of sp³-hybridized carbons (Fsp3) is 0.0952. The Balaban J connectivity index is 1.91. The van der Waals surface area contributed by atoms with Crippen molar-refractivity contribution in [2.24, 2.45) is 15.8 Å². The Kier molecular flexibility index (Phi) is 3.28. The largest absolute Gasteiger partial charge is 0.383 e. The van der Waals surface area contributed by atoms with Crippen molar-refractivity contribution in [2.75, 3.05) is 10.3 Å². The molecule has 3 heterocycles. The Labute approximate surface area is 165 Å². The Morgan fingerprint density at radius 2 is 1.93 bits per heavy atom.